The molecular weight excluding hydrogens is 312 g/mol. The van der Waals surface area contributed by atoms with E-state index in [1.807, 2.05) is 0 Å². The number of anilines is 2. The average Bonchev–Trinajstić information content (AvgIpc) is 2.46. The van der Waals surface area contributed by atoms with Crippen molar-refractivity contribution >= 4 is 17.3 Å². The largest absolute Gasteiger partial charge is 0.416 e. The van der Waals surface area contributed by atoms with Crippen molar-refractivity contribution in [1.29, 1.82) is 0 Å². The molecule has 0 aromatic heterocycles. The standard InChI is InChI=1S/C16H14F4N2O/c1-22(2)14-8-3-10(9-13(14)17)15(23)21-12-6-4-11(5-7-12)16(18,19)20/h3-9H,1-2H3,(H,21,23). The molecule has 0 atom stereocenters. The molecule has 2 aromatic carbocycles. The number of carbonyl (C=O) groups is 1. The van der Waals surface area contributed by atoms with Crippen LogP contribution >= 0.6 is 0 Å². The predicted molar refractivity (Wildman–Crippen MR) is 80.1 cm³/mol. The second kappa shape index (κ2) is 6.28. The maximum Gasteiger partial charge on any atom is 0.416 e. The fourth-order valence-electron chi connectivity index (χ4n) is 1.96. The molecule has 0 spiro atoms. The molecule has 23 heavy (non-hydrogen) atoms. The van der Waals surface area contributed by atoms with E-state index in [1.54, 1.807) is 19.0 Å². The molecule has 2 rings (SSSR count). The van der Waals surface area contributed by atoms with Crippen LogP contribution in [0, 0.1) is 5.82 Å². The van der Waals surface area contributed by atoms with Crippen molar-refractivity contribution in [3.05, 3.63) is 59.4 Å². The van der Waals surface area contributed by atoms with Crippen molar-refractivity contribution in [2.75, 3.05) is 24.3 Å². The first-order valence-electron chi connectivity index (χ1n) is 6.64. The Morgan fingerprint density at radius 3 is 2.13 bits per heavy atom. The van der Waals surface area contributed by atoms with Crippen molar-refractivity contribution in [3.63, 3.8) is 0 Å². The van der Waals surface area contributed by atoms with E-state index in [0.29, 0.717) is 5.69 Å². The normalized spacial score (nSPS) is 11.2. The molecule has 7 heteroatoms. The number of amides is 1. The number of nitrogens with zero attached hydrogens (tertiary/aromatic N) is 1. The zero-order valence-corrected chi connectivity index (χ0v) is 12.4. The zero-order valence-electron chi connectivity index (χ0n) is 12.4. The Morgan fingerprint density at radius 1 is 1.04 bits per heavy atom. The first-order chi connectivity index (χ1) is 10.7. The lowest BCUT2D eigenvalue weighted by molar-refractivity contribution is -0.137. The van der Waals surface area contributed by atoms with Crippen molar-refractivity contribution in [1.82, 2.24) is 0 Å². The summed E-state index contributed by atoms with van der Waals surface area (Å²) in [5.41, 5.74) is -0.207. The van der Waals surface area contributed by atoms with Gasteiger partial charge in [0.1, 0.15) is 5.82 Å². The van der Waals surface area contributed by atoms with E-state index in [4.69, 9.17) is 0 Å². The summed E-state index contributed by atoms with van der Waals surface area (Å²) in [4.78, 5) is 13.6. The lowest BCUT2D eigenvalue weighted by atomic mass is 10.1. The van der Waals surface area contributed by atoms with Crippen molar-refractivity contribution in [2.45, 2.75) is 6.18 Å². The molecule has 1 amide bonds. The van der Waals surface area contributed by atoms with E-state index in [0.717, 1.165) is 30.3 Å². The molecule has 0 saturated heterocycles. The van der Waals surface area contributed by atoms with Gasteiger partial charge in [-0.3, -0.25) is 4.79 Å². The van der Waals surface area contributed by atoms with Gasteiger partial charge in [0.15, 0.2) is 0 Å². The van der Waals surface area contributed by atoms with E-state index in [-0.39, 0.29) is 11.3 Å². The Hall–Kier alpha value is -2.57. The molecule has 0 heterocycles. The molecule has 122 valence electrons. The number of nitrogens with one attached hydrogen (secondary N) is 1. The van der Waals surface area contributed by atoms with Gasteiger partial charge < -0.3 is 10.2 Å². The van der Waals surface area contributed by atoms with Gasteiger partial charge in [0.2, 0.25) is 0 Å². The quantitative estimate of drug-likeness (QED) is 0.859. The number of halogens is 4. The number of hydrogen-bond acceptors (Lipinski definition) is 2. The number of rotatable bonds is 3. The van der Waals surface area contributed by atoms with Crippen molar-refractivity contribution in [3.8, 4) is 0 Å². The summed E-state index contributed by atoms with van der Waals surface area (Å²) in [5, 5.41) is 2.43. The third-order valence-electron chi connectivity index (χ3n) is 3.16. The van der Waals surface area contributed by atoms with Crippen LogP contribution in [0.5, 0.6) is 0 Å². The molecule has 0 radical (unpaired) electrons. The highest BCUT2D eigenvalue weighted by molar-refractivity contribution is 6.04. The van der Waals surface area contributed by atoms with Gasteiger partial charge in [-0.15, -0.1) is 0 Å². The van der Waals surface area contributed by atoms with Crippen LogP contribution in [-0.4, -0.2) is 20.0 Å². The highest BCUT2D eigenvalue weighted by Gasteiger charge is 2.30. The van der Waals surface area contributed by atoms with E-state index in [2.05, 4.69) is 5.32 Å². The topological polar surface area (TPSA) is 32.3 Å². The predicted octanol–water partition coefficient (Wildman–Crippen LogP) is 4.16. The van der Waals surface area contributed by atoms with E-state index in [9.17, 15) is 22.4 Å². The highest BCUT2D eigenvalue weighted by Crippen LogP contribution is 2.30. The first kappa shape index (κ1) is 16.8. The van der Waals surface area contributed by atoms with Crippen LogP contribution in [0.2, 0.25) is 0 Å². The Bertz CT molecular complexity index is 709. The summed E-state index contributed by atoms with van der Waals surface area (Å²) in [6.07, 6.45) is -4.44. The van der Waals surface area contributed by atoms with Crippen LogP contribution in [0.3, 0.4) is 0 Å². The minimum atomic E-state index is -4.44. The maximum atomic E-state index is 13.8. The minimum Gasteiger partial charge on any atom is -0.375 e. The second-order valence-corrected chi connectivity index (χ2v) is 5.09. The van der Waals surface area contributed by atoms with E-state index >= 15 is 0 Å². The van der Waals surface area contributed by atoms with Crippen LogP contribution in [0.25, 0.3) is 0 Å². The Balaban J connectivity index is 2.14. The highest BCUT2D eigenvalue weighted by atomic mass is 19.4. The lowest BCUT2D eigenvalue weighted by Gasteiger charge is -2.14. The van der Waals surface area contributed by atoms with Gasteiger partial charge in [0, 0.05) is 25.3 Å². The van der Waals surface area contributed by atoms with Crippen LogP contribution < -0.4 is 10.2 Å². The minimum absolute atomic E-state index is 0.0768. The first-order valence-corrected chi connectivity index (χ1v) is 6.64. The van der Waals surface area contributed by atoms with Gasteiger partial charge in [-0.1, -0.05) is 0 Å². The molecule has 0 fully saturated rings. The van der Waals surface area contributed by atoms with Gasteiger partial charge in [-0.25, -0.2) is 4.39 Å². The maximum absolute atomic E-state index is 13.8. The molecule has 0 aliphatic carbocycles. The molecule has 1 N–H and O–H groups in total. The molecular formula is C16H14F4N2O. The summed E-state index contributed by atoms with van der Waals surface area (Å²) >= 11 is 0. The Labute approximate surface area is 130 Å². The van der Waals surface area contributed by atoms with Crippen molar-refractivity contribution in [2.24, 2.45) is 0 Å². The molecule has 0 saturated carbocycles. The summed E-state index contributed by atoms with van der Waals surface area (Å²) in [6.45, 7) is 0. The average molecular weight is 326 g/mol. The van der Waals surface area contributed by atoms with Gasteiger partial charge in [0.25, 0.3) is 5.91 Å². The Morgan fingerprint density at radius 2 is 1.65 bits per heavy atom. The SMILES string of the molecule is CN(C)c1ccc(C(=O)Nc2ccc(C(F)(F)F)cc2)cc1F. The summed E-state index contributed by atoms with van der Waals surface area (Å²) in [7, 11) is 3.33. The number of carbonyl (C=O) groups excluding carboxylic acids is 1. The Kier molecular flexibility index (Phi) is 4.58. The smallest absolute Gasteiger partial charge is 0.375 e. The molecule has 0 unspecified atom stereocenters. The lowest BCUT2D eigenvalue weighted by Crippen LogP contribution is -2.15. The third-order valence-corrected chi connectivity index (χ3v) is 3.16. The summed E-state index contributed by atoms with van der Waals surface area (Å²) in [6, 6.07) is 8.00. The molecule has 3 nitrogen and oxygen atoms in total. The molecule has 0 bridgehead atoms. The van der Waals surface area contributed by atoms with E-state index in [1.165, 1.54) is 12.1 Å². The van der Waals surface area contributed by atoms with Crippen LogP contribution in [0.1, 0.15) is 15.9 Å². The van der Waals surface area contributed by atoms with Crippen LogP contribution in [0.15, 0.2) is 42.5 Å². The van der Waals surface area contributed by atoms with Gasteiger partial charge in [-0.05, 0) is 42.5 Å². The fourth-order valence-corrected chi connectivity index (χ4v) is 1.96. The second-order valence-electron chi connectivity index (χ2n) is 5.09. The van der Waals surface area contributed by atoms with Crippen LogP contribution in [0.4, 0.5) is 28.9 Å². The van der Waals surface area contributed by atoms with Gasteiger partial charge in [-0.2, -0.15) is 13.2 Å². The van der Waals surface area contributed by atoms with Gasteiger partial charge in [0.05, 0.1) is 11.3 Å². The fraction of sp³-hybridized carbons (Fsp3) is 0.188. The van der Waals surface area contributed by atoms with Crippen LogP contribution in [-0.2, 0) is 6.18 Å². The number of alkyl halides is 3. The summed E-state index contributed by atoms with van der Waals surface area (Å²) < 4.78 is 51.2. The zero-order chi connectivity index (χ0) is 17.2. The third kappa shape index (κ3) is 4.00. The summed E-state index contributed by atoms with van der Waals surface area (Å²) in [5.74, 6) is -1.16. The molecule has 2 aromatic rings. The van der Waals surface area contributed by atoms with E-state index < -0.39 is 23.5 Å². The molecule has 0 aliphatic heterocycles. The monoisotopic (exact) mass is 326 g/mol. The number of benzene rings is 2. The van der Waals surface area contributed by atoms with Crippen molar-refractivity contribution < 1.29 is 22.4 Å². The molecule has 0 aliphatic rings. The number of hydrogen-bond donors (Lipinski definition) is 1. The van der Waals surface area contributed by atoms with Gasteiger partial charge >= 0.3 is 6.18 Å².